The summed E-state index contributed by atoms with van der Waals surface area (Å²) in [5, 5.41) is 3.28. The van der Waals surface area contributed by atoms with E-state index >= 15 is 0 Å². The van der Waals surface area contributed by atoms with Crippen LogP contribution in [0.25, 0.3) is 0 Å². The van der Waals surface area contributed by atoms with Gasteiger partial charge >= 0.3 is 0 Å². The van der Waals surface area contributed by atoms with E-state index in [0.717, 1.165) is 15.7 Å². The number of nitrogens with one attached hydrogen (secondary N) is 1. The molecule has 0 radical (unpaired) electrons. The fraction of sp³-hybridized carbons (Fsp3) is 0.455. The van der Waals surface area contributed by atoms with E-state index in [9.17, 15) is 8.42 Å². The topological polar surface area (TPSA) is 46.2 Å². The maximum Gasteiger partial charge on any atom is 0.152 e. The van der Waals surface area contributed by atoms with Crippen LogP contribution < -0.4 is 5.32 Å². The van der Waals surface area contributed by atoms with Gasteiger partial charge < -0.3 is 5.32 Å². The van der Waals surface area contributed by atoms with Crippen LogP contribution >= 0.6 is 15.9 Å². The highest BCUT2D eigenvalue weighted by atomic mass is 79.9. The van der Waals surface area contributed by atoms with Crippen molar-refractivity contribution < 1.29 is 8.42 Å². The molecule has 1 aromatic rings. The van der Waals surface area contributed by atoms with Crippen LogP contribution in [-0.4, -0.2) is 26.0 Å². The molecule has 1 aromatic carbocycles. The minimum absolute atomic E-state index is 0.0445. The molecule has 0 bridgehead atoms. The summed E-state index contributed by atoms with van der Waals surface area (Å²) in [7, 11) is -2.82. The van der Waals surface area contributed by atoms with Crippen LogP contribution in [0, 0.1) is 6.92 Å². The van der Waals surface area contributed by atoms with Crippen molar-refractivity contribution in [2.45, 2.75) is 19.4 Å². The first-order valence-electron chi connectivity index (χ1n) is 5.19. The molecule has 0 spiro atoms. The molecule has 2 rings (SSSR count). The van der Waals surface area contributed by atoms with Crippen molar-refractivity contribution in [3.05, 3.63) is 28.2 Å². The third-order valence-corrected chi connectivity index (χ3v) is 5.17. The van der Waals surface area contributed by atoms with E-state index in [1.807, 2.05) is 25.1 Å². The Morgan fingerprint density at radius 3 is 2.81 bits per heavy atom. The third kappa shape index (κ3) is 2.77. The molecule has 1 atom stereocenters. The number of aryl methyl sites for hydroxylation is 1. The first-order chi connectivity index (χ1) is 7.46. The molecule has 1 aliphatic heterocycles. The monoisotopic (exact) mass is 303 g/mol. The number of rotatable bonds is 2. The number of halogens is 1. The van der Waals surface area contributed by atoms with Crippen LogP contribution in [0.5, 0.6) is 0 Å². The average Bonchev–Trinajstić information content (AvgIpc) is 2.52. The third-order valence-electron chi connectivity index (χ3n) is 2.71. The second kappa shape index (κ2) is 4.37. The lowest BCUT2D eigenvalue weighted by Crippen LogP contribution is -2.20. The van der Waals surface area contributed by atoms with Crippen LogP contribution in [0.15, 0.2) is 22.7 Å². The van der Waals surface area contributed by atoms with Gasteiger partial charge in [0.1, 0.15) is 0 Å². The van der Waals surface area contributed by atoms with Crippen LogP contribution in [-0.2, 0) is 9.84 Å². The molecule has 16 heavy (non-hydrogen) atoms. The summed E-state index contributed by atoms with van der Waals surface area (Å²) in [4.78, 5) is 0. The molecule has 1 saturated heterocycles. The molecule has 1 N–H and O–H groups in total. The molecule has 1 heterocycles. The van der Waals surface area contributed by atoms with Crippen molar-refractivity contribution in [3.8, 4) is 0 Å². The highest BCUT2D eigenvalue weighted by Gasteiger charge is 2.27. The molecule has 1 unspecified atom stereocenters. The van der Waals surface area contributed by atoms with E-state index in [1.54, 1.807) is 0 Å². The average molecular weight is 304 g/mol. The van der Waals surface area contributed by atoms with Gasteiger partial charge in [0.2, 0.25) is 0 Å². The van der Waals surface area contributed by atoms with E-state index in [-0.39, 0.29) is 11.8 Å². The maximum absolute atomic E-state index is 11.3. The van der Waals surface area contributed by atoms with Crippen molar-refractivity contribution in [2.24, 2.45) is 0 Å². The minimum atomic E-state index is -2.82. The zero-order chi connectivity index (χ0) is 11.8. The first-order valence-corrected chi connectivity index (χ1v) is 7.81. The van der Waals surface area contributed by atoms with Crippen molar-refractivity contribution >= 4 is 31.5 Å². The van der Waals surface area contributed by atoms with Gasteiger partial charge in [-0.25, -0.2) is 8.42 Å². The number of hydrogen-bond donors (Lipinski definition) is 1. The second-order valence-corrected chi connectivity index (χ2v) is 7.31. The van der Waals surface area contributed by atoms with Gasteiger partial charge in [-0.05, 0) is 47.0 Å². The summed E-state index contributed by atoms with van der Waals surface area (Å²) in [6.07, 6.45) is 0.697. The van der Waals surface area contributed by atoms with E-state index in [1.165, 1.54) is 0 Å². The Balaban J connectivity index is 2.13. The number of benzene rings is 1. The zero-order valence-electron chi connectivity index (χ0n) is 9.03. The fourth-order valence-electron chi connectivity index (χ4n) is 1.88. The fourth-order valence-corrected chi connectivity index (χ4v) is 3.91. The largest absolute Gasteiger partial charge is 0.380 e. The second-order valence-electron chi connectivity index (χ2n) is 4.23. The van der Waals surface area contributed by atoms with Crippen molar-refractivity contribution in [2.75, 3.05) is 16.8 Å². The Morgan fingerprint density at radius 2 is 2.19 bits per heavy atom. The summed E-state index contributed by atoms with van der Waals surface area (Å²) >= 11 is 3.45. The summed E-state index contributed by atoms with van der Waals surface area (Å²) in [5.41, 5.74) is 2.13. The van der Waals surface area contributed by atoms with Gasteiger partial charge in [-0.3, -0.25) is 0 Å². The molecule has 0 amide bonds. The Labute approximate surface area is 104 Å². The SMILES string of the molecule is Cc1ccc(Br)c(NC2CCS(=O)(=O)C2)c1. The normalized spacial score (nSPS) is 23.2. The number of sulfone groups is 1. The number of hydrogen-bond acceptors (Lipinski definition) is 3. The van der Waals surface area contributed by atoms with Crippen molar-refractivity contribution in [1.29, 1.82) is 0 Å². The van der Waals surface area contributed by atoms with E-state index in [4.69, 9.17) is 0 Å². The van der Waals surface area contributed by atoms with Gasteiger partial charge in [-0.15, -0.1) is 0 Å². The Hall–Kier alpha value is -0.550. The molecule has 0 aliphatic carbocycles. The lowest BCUT2D eigenvalue weighted by atomic mass is 10.2. The van der Waals surface area contributed by atoms with Crippen molar-refractivity contribution in [1.82, 2.24) is 0 Å². The zero-order valence-corrected chi connectivity index (χ0v) is 11.4. The van der Waals surface area contributed by atoms with E-state index in [0.29, 0.717) is 12.2 Å². The predicted octanol–water partition coefficient (Wildman–Crippen LogP) is 2.36. The molecular weight excluding hydrogens is 290 g/mol. The van der Waals surface area contributed by atoms with Gasteiger partial charge in [0, 0.05) is 16.2 Å². The molecular formula is C11H14BrNO2S. The predicted molar refractivity (Wildman–Crippen MR) is 69.6 cm³/mol. The summed E-state index contributed by atoms with van der Waals surface area (Å²) in [6.45, 7) is 2.02. The van der Waals surface area contributed by atoms with Gasteiger partial charge in [-0.2, -0.15) is 0 Å². The van der Waals surface area contributed by atoms with Gasteiger partial charge in [-0.1, -0.05) is 6.07 Å². The molecule has 5 heteroatoms. The van der Waals surface area contributed by atoms with Crippen LogP contribution in [0.4, 0.5) is 5.69 Å². The highest BCUT2D eigenvalue weighted by Crippen LogP contribution is 2.26. The van der Waals surface area contributed by atoms with Gasteiger partial charge in [0.15, 0.2) is 9.84 Å². The summed E-state index contributed by atoms with van der Waals surface area (Å²) in [6, 6.07) is 6.06. The molecule has 0 saturated carbocycles. The molecule has 88 valence electrons. The number of anilines is 1. The highest BCUT2D eigenvalue weighted by molar-refractivity contribution is 9.10. The standard InChI is InChI=1S/C11H14BrNO2S/c1-8-2-3-10(12)11(6-8)13-9-4-5-16(14,15)7-9/h2-3,6,9,13H,4-5,7H2,1H3. The molecule has 1 aliphatic rings. The summed E-state index contributed by atoms with van der Waals surface area (Å²) in [5.74, 6) is 0.543. The lowest BCUT2D eigenvalue weighted by Gasteiger charge is -2.14. The van der Waals surface area contributed by atoms with Crippen LogP contribution in [0.1, 0.15) is 12.0 Å². The van der Waals surface area contributed by atoms with Gasteiger partial charge in [0.25, 0.3) is 0 Å². The lowest BCUT2D eigenvalue weighted by molar-refractivity contribution is 0.602. The van der Waals surface area contributed by atoms with E-state index < -0.39 is 9.84 Å². The minimum Gasteiger partial charge on any atom is -0.380 e. The first kappa shape index (κ1) is 11.9. The Morgan fingerprint density at radius 1 is 1.44 bits per heavy atom. The van der Waals surface area contributed by atoms with Crippen molar-refractivity contribution in [3.63, 3.8) is 0 Å². The smallest absolute Gasteiger partial charge is 0.152 e. The molecule has 0 aromatic heterocycles. The molecule has 1 fully saturated rings. The van der Waals surface area contributed by atoms with Gasteiger partial charge in [0.05, 0.1) is 11.5 Å². The summed E-state index contributed by atoms with van der Waals surface area (Å²) < 4.78 is 23.6. The van der Waals surface area contributed by atoms with E-state index in [2.05, 4.69) is 21.2 Å². The van der Waals surface area contributed by atoms with Crippen LogP contribution in [0.2, 0.25) is 0 Å². The Bertz CT molecular complexity index is 499. The quantitative estimate of drug-likeness (QED) is 0.912. The molecule has 3 nitrogen and oxygen atoms in total. The Kier molecular flexibility index (Phi) is 3.26. The maximum atomic E-state index is 11.3. The van der Waals surface area contributed by atoms with Crippen LogP contribution in [0.3, 0.4) is 0 Å².